The van der Waals surface area contributed by atoms with Crippen molar-refractivity contribution in [2.75, 3.05) is 13.1 Å². The number of carbonyl (C=O) groups excluding carboxylic acids is 1. The van der Waals surface area contributed by atoms with Gasteiger partial charge in [0.05, 0.1) is 12.0 Å². The molecule has 1 aliphatic carbocycles. The first-order valence-corrected chi connectivity index (χ1v) is 9.89. The van der Waals surface area contributed by atoms with Crippen molar-refractivity contribution in [2.24, 2.45) is 11.8 Å². The van der Waals surface area contributed by atoms with Crippen molar-refractivity contribution in [1.29, 1.82) is 0 Å². The zero-order valence-corrected chi connectivity index (χ0v) is 16.4. The summed E-state index contributed by atoms with van der Waals surface area (Å²) in [6.45, 7) is 7.66. The summed E-state index contributed by atoms with van der Waals surface area (Å²) in [5.41, 5.74) is 3.85. The smallest absolute Gasteiger partial charge is 0.274 e. The molecule has 2 aliphatic rings. The van der Waals surface area contributed by atoms with E-state index in [9.17, 15) is 4.79 Å². The number of aromatic nitrogens is 3. The molecule has 6 heteroatoms. The number of fused-ring (bicyclic) bond motifs is 1. The van der Waals surface area contributed by atoms with E-state index in [1.54, 1.807) is 6.33 Å². The number of imidazole rings is 1. The summed E-state index contributed by atoms with van der Waals surface area (Å²) < 4.78 is 7.51. The Morgan fingerprint density at radius 3 is 2.54 bits per heavy atom. The van der Waals surface area contributed by atoms with Gasteiger partial charge in [0.15, 0.2) is 0 Å². The Balaban J connectivity index is 1.32. The molecular formula is C22H24N4O2. The topological polar surface area (TPSA) is 64.2 Å². The predicted octanol–water partition coefficient (Wildman–Crippen LogP) is 3.91. The normalized spacial score (nSPS) is 23.3. The first-order valence-electron chi connectivity index (χ1n) is 9.89. The highest BCUT2D eigenvalue weighted by molar-refractivity contribution is 5.92. The summed E-state index contributed by atoms with van der Waals surface area (Å²) in [7, 11) is 0. The van der Waals surface area contributed by atoms with E-state index in [-0.39, 0.29) is 5.91 Å². The van der Waals surface area contributed by atoms with Gasteiger partial charge in [-0.25, -0.2) is 4.98 Å². The molecule has 0 N–H and O–H groups in total. The Labute approximate surface area is 164 Å². The molecule has 1 aliphatic heterocycles. The molecule has 2 unspecified atom stereocenters. The van der Waals surface area contributed by atoms with Gasteiger partial charge >= 0.3 is 0 Å². The van der Waals surface area contributed by atoms with E-state index in [0.29, 0.717) is 29.5 Å². The number of benzene rings is 1. The number of aryl methyl sites for hydroxylation is 1. The largest absolute Gasteiger partial charge is 0.361 e. The van der Waals surface area contributed by atoms with Crippen molar-refractivity contribution in [1.82, 2.24) is 19.6 Å². The third-order valence-electron chi connectivity index (χ3n) is 6.17. The molecule has 1 aromatic carbocycles. The van der Waals surface area contributed by atoms with Crippen LogP contribution in [0.25, 0.3) is 11.1 Å². The third-order valence-corrected chi connectivity index (χ3v) is 6.17. The van der Waals surface area contributed by atoms with Crippen LogP contribution in [0.2, 0.25) is 0 Å². The number of piperidine rings is 1. The van der Waals surface area contributed by atoms with Gasteiger partial charge in [0.2, 0.25) is 0 Å². The summed E-state index contributed by atoms with van der Waals surface area (Å²) in [6.07, 6.45) is 3.59. The van der Waals surface area contributed by atoms with Gasteiger partial charge in [0.25, 0.3) is 5.91 Å². The molecule has 2 fully saturated rings. The van der Waals surface area contributed by atoms with Crippen molar-refractivity contribution in [2.45, 2.75) is 32.7 Å². The minimum Gasteiger partial charge on any atom is -0.361 e. The molecular weight excluding hydrogens is 352 g/mol. The van der Waals surface area contributed by atoms with Gasteiger partial charge in [-0.3, -0.25) is 4.79 Å². The van der Waals surface area contributed by atoms with E-state index in [2.05, 4.69) is 36.1 Å². The summed E-state index contributed by atoms with van der Waals surface area (Å²) in [6, 6.07) is 10.6. The molecule has 1 saturated carbocycles. The number of hydrogen-bond donors (Lipinski definition) is 0. The fourth-order valence-corrected chi connectivity index (χ4v) is 4.56. The highest BCUT2D eigenvalue weighted by atomic mass is 16.5. The van der Waals surface area contributed by atoms with E-state index in [1.807, 2.05) is 40.8 Å². The van der Waals surface area contributed by atoms with Gasteiger partial charge in [-0.05, 0) is 38.2 Å². The summed E-state index contributed by atoms with van der Waals surface area (Å²) in [4.78, 5) is 19.0. The van der Waals surface area contributed by atoms with Crippen molar-refractivity contribution in [3.63, 3.8) is 0 Å². The van der Waals surface area contributed by atoms with Crippen molar-refractivity contribution in [3.8, 4) is 11.1 Å². The quantitative estimate of drug-likeness (QED) is 0.692. The van der Waals surface area contributed by atoms with Crippen LogP contribution in [-0.2, 0) is 0 Å². The van der Waals surface area contributed by atoms with Crippen LogP contribution in [0.1, 0.15) is 47.7 Å². The molecule has 0 radical (unpaired) electrons. The minimum atomic E-state index is 0.0324. The maximum Gasteiger partial charge on any atom is 0.274 e. The molecule has 0 bridgehead atoms. The average Bonchev–Trinajstić information content (AvgIpc) is 3.16. The Morgan fingerprint density at radius 2 is 1.89 bits per heavy atom. The van der Waals surface area contributed by atoms with E-state index in [4.69, 9.17) is 4.52 Å². The Bertz CT molecular complexity index is 1010. The fraction of sp³-hybridized carbons (Fsp3) is 0.409. The zero-order valence-electron chi connectivity index (χ0n) is 16.4. The zero-order chi connectivity index (χ0) is 19.4. The molecule has 1 amide bonds. The molecule has 28 heavy (non-hydrogen) atoms. The lowest BCUT2D eigenvalue weighted by molar-refractivity contribution is 0.0767. The van der Waals surface area contributed by atoms with Gasteiger partial charge in [-0.15, -0.1) is 0 Å². The van der Waals surface area contributed by atoms with Crippen LogP contribution in [0.4, 0.5) is 0 Å². The Hall–Kier alpha value is -2.89. The maximum atomic E-state index is 12.8. The fourth-order valence-electron chi connectivity index (χ4n) is 4.56. The minimum absolute atomic E-state index is 0.0324. The second-order valence-corrected chi connectivity index (χ2v) is 8.23. The Kier molecular flexibility index (Phi) is 3.89. The van der Waals surface area contributed by atoms with Crippen molar-refractivity contribution >= 4 is 5.91 Å². The van der Waals surface area contributed by atoms with Gasteiger partial charge in [-0.1, -0.05) is 35.5 Å². The second kappa shape index (κ2) is 6.33. The van der Waals surface area contributed by atoms with Crippen molar-refractivity contribution < 1.29 is 9.32 Å². The van der Waals surface area contributed by atoms with Gasteiger partial charge in [-0.2, -0.15) is 0 Å². The van der Waals surface area contributed by atoms with E-state index < -0.39 is 0 Å². The number of hydrogen-bond acceptors (Lipinski definition) is 4. The first-order chi connectivity index (χ1) is 13.5. The van der Waals surface area contributed by atoms with Crippen LogP contribution in [0.15, 0.2) is 47.4 Å². The average molecular weight is 376 g/mol. The number of likely N-dealkylation sites (tertiary alicyclic amines) is 1. The van der Waals surface area contributed by atoms with Crippen LogP contribution < -0.4 is 0 Å². The number of amides is 1. The van der Waals surface area contributed by atoms with E-state index >= 15 is 0 Å². The van der Waals surface area contributed by atoms with Crippen LogP contribution in [0.5, 0.6) is 0 Å². The van der Waals surface area contributed by atoms with Crippen LogP contribution in [0, 0.1) is 18.8 Å². The van der Waals surface area contributed by atoms with Gasteiger partial charge in [0.1, 0.15) is 11.5 Å². The van der Waals surface area contributed by atoms with Crippen molar-refractivity contribution in [3.05, 3.63) is 60.0 Å². The van der Waals surface area contributed by atoms with E-state index in [1.165, 1.54) is 0 Å². The molecule has 6 nitrogen and oxygen atoms in total. The van der Waals surface area contributed by atoms with Crippen LogP contribution >= 0.6 is 0 Å². The molecule has 2 aromatic heterocycles. The van der Waals surface area contributed by atoms with E-state index in [0.717, 1.165) is 35.7 Å². The highest BCUT2D eigenvalue weighted by Gasteiger charge is 2.59. The molecule has 144 valence electrons. The van der Waals surface area contributed by atoms with Crippen LogP contribution in [0.3, 0.4) is 0 Å². The molecule has 2 atom stereocenters. The lowest BCUT2D eigenvalue weighted by atomic mass is 10.00. The molecule has 5 rings (SSSR count). The predicted molar refractivity (Wildman–Crippen MR) is 105 cm³/mol. The SMILES string of the molecule is Cc1onc(C2C3CN(C(=O)c4cn(C(C)C)cn4)CC32)c1-c1ccccc1. The monoisotopic (exact) mass is 376 g/mol. The second-order valence-electron chi connectivity index (χ2n) is 8.23. The number of carbonyl (C=O) groups is 1. The summed E-state index contributed by atoms with van der Waals surface area (Å²) >= 11 is 0. The lowest BCUT2D eigenvalue weighted by Crippen LogP contribution is -2.31. The molecule has 3 aromatic rings. The van der Waals surface area contributed by atoms with Gasteiger partial charge < -0.3 is 14.0 Å². The standard InChI is InChI=1S/C22H24N4O2/c1-13(2)26-11-18(23-12-26)22(27)25-9-16-17(10-25)20(16)21-19(14(3)28-24-21)15-7-5-4-6-8-15/h4-8,11-13,16-17,20H,9-10H2,1-3H3. The van der Waals surface area contributed by atoms with Gasteiger partial charge in [0, 0.05) is 36.8 Å². The number of nitrogens with zero attached hydrogens (tertiary/aromatic N) is 4. The molecule has 0 spiro atoms. The third kappa shape index (κ3) is 2.66. The Morgan fingerprint density at radius 1 is 1.18 bits per heavy atom. The van der Waals surface area contributed by atoms with Crippen LogP contribution in [-0.4, -0.2) is 38.6 Å². The summed E-state index contributed by atoms with van der Waals surface area (Å²) in [5, 5.41) is 4.39. The first kappa shape index (κ1) is 17.2. The molecule has 1 saturated heterocycles. The molecule has 3 heterocycles. The summed E-state index contributed by atoms with van der Waals surface area (Å²) in [5.74, 6) is 2.19. The number of rotatable bonds is 4. The maximum absolute atomic E-state index is 12.8. The highest BCUT2D eigenvalue weighted by Crippen LogP contribution is 2.59. The lowest BCUT2D eigenvalue weighted by Gasteiger charge is -2.18.